The Balaban J connectivity index is 2.41. The minimum atomic E-state index is -3.99. The van der Waals surface area contributed by atoms with E-state index in [4.69, 9.17) is 10.5 Å². The zero-order valence-electron chi connectivity index (χ0n) is 12.3. The van der Waals surface area contributed by atoms with Gasteiger partial charge in [-0.1, -0.05) is 6.07 Å². The van der Waals surface area contributed by atoms with E-state index < -0.39 is 20.7 Å². The third kappa shape index (κ3) is 3.36. The van der Waals surface area contributed by atoms with Crippen LogP contribution in [0.3, 0.4) is 0 Å². The monoisotopic (exact) mass is 316 g/mol. The predicted molar refractivity (Wildman–Crippen MR) is 78.8 cm³/mol. The van der Waals surface area contributed by atoms with Gasteiger partial charge < -0.3 is 10.5 Å². The Hall–Kier alpha value is -1.18. The van der Waals surface area contributed by atoms with Crippen LogP contribution in [-0.2, 0) is 14.8 Å². The van der Waals surface area contributed by atoms with Crippen molar-refractivity contribution in [1.82, 2.24) is 4.31 Å². The van der Waals surface area contributed by atoms with Crippen LogP contribution in [0.1, 0.15) is 19.8 Å². The summed E-state index contributed by atoms with van der Waals surface area (Å²) in [5, 5.41) is 0. The average Bonchev–Trinajstić information content (AvgIpc) is 3.22. The molecule has 1 saturated carbocycles. The molecule has 1 aliphatic rings. The van der Waals surface area contributed by atoms with E-state index in [-0.39, 0.29) is 24.9 Å². The van der Waals surface area contributed by atoms with Crippen LogP contribution in [0.15, 0.2) is 23.1 Å². The Morgan fingerprint density at radius 2 is 2.14 bits per heavy atom. The summed E-state index contributed by atoms with van der Waals surface area (Å²) in [6.45, 7) is 2.29. The number of hydrogen-bond acceptors (Lipinski definition) is 4. The average molecular weight is 316 g/mol. The third-order valence-corrected chi connectivity index (χ3v) is 5.92. The number of halogens is 1. The molecular weight excluding hydrogens is 295 g/mol. The molecule has 2 N–H and O–H groups in total. The lowest BCUT2D eigenvalue weighted by Crippen LogP contribution is -2.42. The van der Waals surface area contributed by atoms with Crippen LogP contribution in [0.5, 0.6) is 0 Å². The first-order chi connectivity index (χ1) is 9.89. The highest BCUT2D eigenvalue weighted by Crippen LogP contribution is 2.38. The van der Waals surface area contributed by atoms with Crippen LogP contribution in [0.2, 0.25) is 0 Å². The first kappa shape index (κ1) is 16.2. The Bertz CT molecular complexity index is 582. The van der Waals surface area contributed by atoms with Crippen LogP contribution < -0.4 is 5.73 Å². The maximum absolute atomic E-state index is 14.0. The van der Waals surface area contributed by atoms with E-state index in [1.165, 1.54) is 23.5 Å². The van der Waals surface area contributed by atoms with Gasteiger partial charge in [-0.3, -0.25) is 0 Å². The Morgan fingerprint density at radius 1 is 1.48 bits per heavy atom. The van der Waals surface area contributed by atoms with E-state index in [9.17, 15) is 12.8 Å². The maximum atomic E-state index is 14.0. The van der Waals surface area contributed by atoms with Gasteiger partial charge in [0.1, 0.15) is 10.7 Å². The number of methoxy groups -OCH3 is 1. The van der Waals surface area contributed by atoms with Crippen LogP contribution in [0.4, 0.5) is 10.1 Å². The molecular formula is C14H21FN2O3S. The van der Waals surface area contributed by atoms with Crippen molar-refractivity contribution in [3.63, 3.8) is 0 Å². The molecule has 1 atom stereocenters. The first-order valence-electron chi connectivity index (χ1n) is 6.94. The van der Waals surface area contributed by atoms with Crippen molar-refractivity contribution in [1.29, 1.82) is 0 Å². The highest BCUT2D eigenvalue weighted by molar-refractivity contribution is 7.89. The molecule has 1 aliphatic carbocycles. The van der Waals surface area contributed by atoms with E-state index in [1.54, 1.807) is 0 Å². The number of nitrogens with zero attached hydrogens (tertiary/aromatic N) is 1. The van der Waals surface area contributed by atoms with Crippen molar-refractivity contribution >= 4 is 15.7 Å². The van der Waals surface area contributed by atoms with Crippen molar-refractivity contribution in [3.8, 4) is 0 Å². The fourth-order valence-electron chi connectivity index (χ4n) is 2.45. The molecule has 5 nitrogen and oxygen atoms in total. The number of anilines is 1. The molecule has 1 unspecified atom stereocenters. The fourth-order valence-corrected chi connectivity index (χ4v) is 4.29. The number of benzene rings is 1. The van der Waals surface area contributed by atoms with E-state index >= 15 is 0 Å². The zero-order valence-corrected chi connectivity index (χ0v) is 13.1. The molecule has 1 aromatic rings. The van der Waals surface area contributed by atoms with Gasteiger partial charge in [0.05, 0.1) is 12.3 Å². The molecule has 0 aromatic heterocycles. The third-order valence-electron chi connectivity index (χ3n) is 3.84. The predicted octanol–water partition coefficient (Wildman–Crippen LogP) is 1.84. The first-order valence-corrected chi connectivity index (χ1v) is 8.38. The highest BCUT2D eigenvalue weighted by Gasteiger charge is 2.39. The quantitative estimate of drug-likeness (QED) is 0.779. The van der Waals surface area contributed by atoms with Gasteiger partial charge in [0, 0.05) is 19.7 Å². The fraction of sp³-hybridized carbons (Fsp3) is 0.571. The Morgan fingerprint density at radius 3 is 2.67 bits per heavy atom. The van der Waals surface area contributed by atoms with Gasteiger partial charge >= 0.3 is 0 Å². The minimum Gasteiger partial charge on any atom is -0.398 e. The zero-order chi connectivity index (χ0) is 15.6. The van der Waals surface area contributed by atoms with Gasteiger partial charge in [0.2, 0.25) is 10.0 Å². The Kier molecular flexibility index (Phi) is 4.85. The molecule has 2 rings (SSSR count). The number of sulfonamides is 1. The normalized spacial score (nSPS) is 17.1. The standard InChI is InChI=1S/C14H21FN2O3S/c1-10(11-6-7-11)17(8-9-20-2)21(18,19)14-12(15)4-3-5-13(14)16/h3-5,10-11H,6-9,16H2,1-2H3. The summed E-state index contributed by atoms with van der Waals surface area (Å²) in [6.07, 6.45) is 1.99. The molecule has 118 valence electrons. The van der Waals surface area contributed by atoms with Crippen LogP contribution >= 0.6 is 0 Å². The van der Waals surface area contributed by atoms with Crippen molar-refractivity contribution in [3.05, 3.63) is 24.0 Å². The second-order valence-corrected chi connectivity index (χ2v) is 7.17. The summed E-state index contributed by atoms with van der Waals surface area (Å²) in [5.74, 6) is -0.495. The van der Waals surface area contributed by atoms with Gasteiger partial charge in [0.15, 0.2) is 0 Å². The van der Waals surface area contributed by atoms with Gasteiger partial charge in [-0.2, -0.15) is 4.31 Å². The number of nitrogen functional groups attached to an aromatic ring is 1. The summed E-state index contributed by atoms with van der Waals surface area (Å²) in [6, 6.07) is 3.71. The topological polar surface area (TPSA) is 72.6 Å². The maximum Gasteiger partial charge on any atom is 0.248 e. The van der Waals surface area contributed by atoms with Crippen LogP contribution in [0.25, 0.3) is 0 Å². The summed E-state index contributed by atoms with van der Waals surface area (Å²) < 4.78 is 45.9. The second kappa shape index (κ2) is 6.29. The number of hydrogen-bond donors (Lipinski definition) is 1. The minimum absolute atomic E-state index is 0.0691. The molecule has 0 bridgehead atoms. The molecule has 21 heavy (non-hydrogen) atoms. The van der Waals surface area contributed by atoms with Crippen molar-refractivity contribution in [2.75, 3.05) is 26.0 Å². The molecule has 0 amide bonds. The number of ether oxygens (including phenoxy) is 1. The largest absolute Gasteiger partial charge is 0.398 e. The molecule has 1 fully saturated rings. The summed E-state index contributed by atoms with van der Waals surface area (Å²) >= 11 is 0. The van der Waals surface area contributed by atoms with Crippen molar-refractivity contribution < 1.29 is 17.5 Å². The lowest BCUT2D eigenvalue weighted by molar-refractivity contribution is 0.164. The smallest absolute Gasteiger partial charge is 0.248 e. The number of rotatable bonds is 7. The summed E-state index contributed by atoms with van der Waals surface area (Å²) in [4.78, 5) is -0.436. The summed E-state index contributed by atoms with van der Waals surface area (Å²) in [7, 11) is -2.48. The molecule has 7 heteroatoms. The highest BCUT2D eigenvalue weighted by atomic mass is 32.2. The van der Waals surface area contributed by atoms with Gasteiger partial charge in [-0.15, -0.1) is 0 Å². The van der Waals surface area contributed by atoms with Crippen molar-refractivity contribution in [2.24, 2.45) is 5.92 Å². The second-order valence-electron chi connectivity index (χ2n) is 5.34. The molecule has 1 aromatic carbocycles. The summed E-state index contributed by atoms with van der Waals surface area (Å²) in [5.41, 5.74) is 5.62. The molecule has 0 saturated heterocycles. The van der Waals surface area contributed by atoms with Crippen LogP contribution in [-0.4, -0.2) is 39.0 Å². The van der Waals surface area contributed by atoms with E-state index in [1.807, 2.05) is 6.92 Å². The van der Waals surface area contributed by atoms with E-state index in [0.29, 0.717) is 5.92 Å². The van der Waals surface area contributed by atoms with Crippen molar-refractivity contribution in [2.45, 2.75) is 30.7 Å². The SMILES string of the molecule is COCCN(C(C)C1CC1)S(=O)(=O)c1c(N)cccc1F. The molecule has 0 aliphatic heterocycles. The number of nitrogens with two attached hydrogens (primary N) is 1. The van der Waals surface area contributed by atoms with Crippen LogP contribution in [0, 0.1) is 11.7 Å². The molecule has 0 spiro atoms. The Labute approximate surface area is 124 Å². The molecule has 0 heterocycles. The van der Waals surface area contributed by atoms with Gasteiger partial charge in [-0.05, 0) is 37.8 Å². The lowest BCUT2D eigenvalue weighted by atomic mass is 10.2. The van der Waals surface area contributed by atoms with E-state index in [2.05, 4.69) is 0 Å². The lowest BCUT2D eigenvalue weighted by Gasteiger charge is -2.28. The van der Waals surface area contributed by atoms with Gasteiger partial charge in [-0.25, -0.2) is 12.8 Å². The van der Waals surface area contributed by atoms with E-state index in [0.717, 1.165) is 18.9 Å². The van der Waals surface area contributed by atoms with Gasteiger partial charge in [0.25, 0.3) is 0 Å². The molecule has 0 radical (unpaired) electrons.